The van der Waals surface area contributed by atoms with E-state index in [1.54, 1.807) is 7.11 Å². The fraction of sp³-hybridized carbons (Fsp3) is 1.00. The SMILES string of the molecule is COC1C(C)CC(O)C2CC21. The summed E-state index contributed by atoms with van der Waals surface area (Å²) < 4.78 is 5.39. The first-order valence-electron chi connectivity index (χ1n) is 4.45. The van der Waals surface area contributed by atoms with Crippen molar-refractivity contribution in [2.24, 2.45) is 17.8 Å². The van der Waals surface area contributed by atoms with E-state index in [-0.39, 0.29) is 6.10 Å². The van der Waals surface area contributed by atoms with Crippen molar-refractivity contribution in [1.29, 1.82) is 0 Å². The molecule has 2 rings (SSSR count). The van der Waals surface area contributed by atoms with Crippen LogP contribution >= 0.6 is 0 Å². The second kappa shape index (κ2) is 2.46. The third kappa shape index (κ3) is 1.09. The van der Waals surface area contributed by atoms with Gasteiger partial charge >= 0.3 is 0 Å². The minimum absolute atomic E-state index is 0.0404. The zero-order chi connectivity index (χ0) is 8.01. The fourth-order valence-corrected chi connectivity index (χ4v) is 2.57. The zero-order valence-electron chi connectivity index (χ0n) is 7.16. The maximum absolute atomic E-state index is 9.55. The van der Waals surface area contributed by atoms with Gasteiger partial charge in [0, 0.05) is 7.11 Å². The second-order valence-corrected chi connectivity index (χ2v) is 4.04. The Kier molecular flexibility index (Phi) is 1.69. The lowest BCUT2D eigenvalue weighted by Gasteiger charge is -2.30. The monoisotopic (exact) mass is 156 g/mol. The largest absolute Gasteiger partial charge is 0.393 e. The molecule has 5 atom stereocenters. The van der Waals surface area contributed by atoms with Gasteiger partial charge in [0.1, 0.15) is 0 Å². The number of hydrogen-bond donors (Lipinski definition) is 1. The number of methoxy groups -OCH3 is 1. The first-order valence-corrected chi connectivity index (χ1v) is 4.45. The van der Waals surface area contributed by atoms with Crippen LogP contribution in [0.3, 0.4) is 0 Å². The first-order chi connectivity index (χ1) is 5.24. The number of fused-ring (bicyclic) bond motifs is 1. The highest BCUT2D eigenvalue weighted by atomic mass is 16.5. The van der Waals surface area contributed by atoms with E-state index in [1.807, 2.05) is 0 Å². The van der Waals surface area contributed by atoms with Crippen LogP contribution in [0.4, 0.5) is 0 Å². The molecule has 0 amide bonds. The van der Waals surface area contributed by atoms with Crippen LogP contribution in [0, 0.1) is 17.8 Å². The summed E-state index contributed by atoms with van der Waals surface area (Å²) in [6, 6.07) is 0. The molecule has 2 aliphatic carbocycles. The highest BCUT2D eigenvalue weighted by Gasteiger charge is 2.53. The van der Waals surface area contributed by atoms with Gasteiger partial charge in [0.15, 0.2) is 0 Å². The van der Waals surface area contributed by atoms with Crippen LogP contribution < -0.4 is 0 Å². The molecule has 0 spiro atoms. The number of aliphatic hydroxyl groups excluding tert-OH is 1. The molecule has 0 aromatic carbocycles. The molecule has 2 aliphatic rings. The molecule has 64 valence electrons. The molecule has 2 nitrogen and oxygen atoms in total. The second-order valence-electron chi connectivity index (χ2n) is 4.04. The highest BCUT2D eigenvalue weighted by Crippen LogP contribution is 2.52. The Labute approximate surface area is 67.6 Å². The average molecular weight is 156 g/mol. The van der Waals surface area contributed by atoms with Gasteiger partial charge in [-0.2, -0.15) is 0 Å². The van der Waals surface area contributed by atoms with Crippen LogP contribution in [0.25, 0.3) is 0 Å². The smallest absolute Gasteiger partial charge is 0.0629 e. The average Bonchev–Trinajstić information content (AvgIpc) is 2.67. The van der Waals surface area contributed by atoms with Gasteiger partial charge in [0.05, 0.1) is 12.2 Å². The normalized spacial score (nSPS) is 55.4. The predicted octanol–water partition coefficient (Wildman–Crippen LogP) is 1.04. The summed E-state index contributed by atoms with van der Waals surface area (Å²) in [5, 5.41) is 9.55. The molecule has 0 bridgehead atoms. The summed E-state index contributed by atoms with van der Waals surface area (Å²) >= 11 is 0. The Balaban J connectivity index is 2.03. The molecule has 0 heterocycles. The van der Waals surface area contributed by atoms with Crippen molar-refractivity contribution < 1.29 is 9.84 Å². The van der Waals surface area contributed by atoms with E-state index in [4.69, 9.17) is 4.74 Å². The van der Waals surface area contributed by atoms with Crippen molar-refractivity contribution in [3.63, 3.8) is 0 Å². The summed E-state index contributed by atoms with van der Waals surface area (Å²) in [7, 11) is 1.79. The Morgan fingerprint density at radius 2 is 2.00 bits per heavy atom. The molecule has 2 heteroatoms. The van der Waals surface area contributed by atoms with E-state index >= 15 is 0 Å². The number of hydrogen-bond acceptors (Lipinski definition) is 2. The standard InChI is InChI=1S/C9H16O2/c1-5-3-8(10)6-4-7(6)9(5)11-2/h5-10H,3-4H2,1-2H3. The van der Waals surface area contributed by atoms with Crippen molar-refractivity contribution in [3.8, 4) is 0 Å². The van der Waals surface area contributed by atoms with Crippen molar-refractivity contribution in [1.82, 2.24) is 0 Å². The van der Waals surface area contributed by atoms with Crippen molar-refractivity contribution >= 4 is 0 Å². The molecule has 0 aromatic rings. The van der Waals surface area contributed by atoms with Gasteiger partial charge in [-0.25, -0.2) is 0 Å². The van der Waals surface area contributed by atoms with Crippen LogP contribution in [-0.2, 0) is 4.74 Å². The third-order valence-electron chi connectivity index (χ3n) is 3.25. The molecule has 11 heavy (non-hydrogen) atoms. The van der Waals surface area contributed by atoms with Gasteiger partial charge in [-0.1, -0.05) is 6.92 Å². The Morgan fingerprint density at radius 1 is 1.27 bits per heavy atom. The van der Waals surface area contributed by atoms with E-state index in [0.717, 1.165) is 6.42 Å². The van der Waals surface area contributed by atoms with Crippen molar-refractivity contribution in [3.05, 3.63) is 0 Å². The predicted molar refractivity (Wildman–Crippen MR) is 42.2 cm³/mol. The number of rotatable bonds is 1. The fourth-order valence-electron chi connectivity index (χ4n) is 2.57. The molecular formula is C9H16O2. The Bertz CT molecular complexity index is 156. The number of aliphatic hydroxyl groups is 1. The first kappa shape index (κ1) is 7.56. The van der Waals surface area contributed by atoms with Crippen LogP contribution in [-0.4, -0.2) is 24.4 Å². The molecular weight excluding hydrogens is 140 g/mol. The highest BCUT2D eigenvalue weighted by molar-refractivity contribution is 5.02. The molecule has 0 saturated heterocycles. The van der Waals surface area contributed by atoms with Crippen molar-refractivity contribution in [2.45, 2.75) is 32.0 Å². The molecule has 0 aliphatic heterocycles. The van der Waals surface area contributed by atoms with Crippen LogP contribution in [0.15, 0.2) is 0 Å². The van der Waals surface area contributed by atoms with Gasteiger partial charge in [0.25, 0.3) is 0 Å². The van der Waals surface area contributed by atoms with Crippen LogP contribution in [0.5, 0.6) is 0 Å². The molecule has 0 radical (unpaired) electrons. The topological polar surface area (TPSA) is 29.5 Å². The van der Waals surface area contributed by atoms with E-state index < -0.39 is 0 Å². The van der Waals surface area contributed by atoms with Gasteiger partial charge in [-0.15, -0.1) is 0 Å². The molecule has 2 fully saturated rings. The quantitative estimate of drug-likeness (QED) is 0.614. The minimum Gasteiger partial charge on any atom is -0.393 e. The van der Waals surface area contributed by atoms with E-state index in [9.17, 15) is 5.11 Å². The maximum atomic E-state index is 9.55. The molecule has 0 aromatic heterocycles. The summed E-state index contributed by atoms with van der Waals surface area (Å²) in [6.45, 7) is 2.17. The van der Waals surface area contributed by atoms with Crippen LogP contribution in [0.2, 0.25) is 0 Å². The Hall–Kier alpha value is -0.0800. The molecule has 2 saturated carbocycles. The summed E-state index contributed by atoms with van der Waals surface area (Å²) in [5.41, 5.74) is 0. The minimum atomic E-state index is -0.0404. The lowest BCUT2D eigenvalue weighted by Crippen LogP contribution is -2.33. The van der Waals surface area contributed by atoms with Crippen molar-refractivity contribution in [2.75, 3.05) is 7.11 Å². The molecule has 1 N–H and O–H groups in total. The summed E-state index contributed by atoms with van der Waals surface area (Å²) in [6.07, 6.45) is 2.49. The van der Waals surface area contributed by atoms with Gasteiger partial charge < -0.3 is 9.84 Å². The summed E-state index contributed by atoms with van der Waals surface area (Å²) in [4.78, 5) is 0. The Morgan fingerprint density at radius 3 is 2.64 bits per heavy atom. The van der Waals surface area contributed by atoms with Gasteiger partial charge in [0.2, 0.25) is 0 Å². The third-order valence-corrected chi connectivity index (χ3v) is 3.25. The lowest BCUT2D eigenvalue weighted by atomic mass is 9.86. The van der Waals surface area contributed by atoms with Gasteiger partial charge in [-0.05, 0) is 30.6 Å². The van der Waals surface area contributed by atoms with E-state index in [2.05, 4.69) is 6.92 Å². The zero-order valence-corrected chi connectivity index (χ0v) is 7.16. The lowest BCUT2D eigenvalue weighted by molar-refractivity contribution is -0.0214. The maximum Gasteiger partial charge on any atom is 0.0629 e. The van der Waals surface area contributed by atoms with E-state index in [1.165, 1.54) is 6.42 Å². The molecule has 5 unspecified atom stereocenters. The number of ether oxygens (including phenoxy) is 1. The van der Waals surface area contributed by atoms with Gasteiger partial charge in [-0.3, -0.25) is 0 Å². The van der Waals surface area contributed by atoms with E-state index in [0.29, 0.717) is 23.9 Å². The summed E-state index contributed by atoms with van der Waals surface area (Å²) in [5.74, 6) is 1.77. The van der Waals surface area contributed by atoms with Crippen LogP contribution in [0.1, 0.15) is 19.8 Å².